The number of carboxylic acids is 1. The monoisotopic (exact) mass is 575 g/mol. The minimum absolute atomic E-state index is 0.0326. The fraction of sp³-hybridized carbons (Fsp3) is 0.903. The van der Waals surface area contributed by atoms with Crippen molar-refractivity contribution in [2.45, 2.75) is 126 Å². The van der Waals surface area contributed by atoms with Crippen molar-refractivity contribution in [2.75, 3.05) is 13.2 Å². The van der Waals surface area contributed by atoms with Crippen LogP contribution in [0.25, 0.3) is 0 Å². The smallest absolute Gasteiger partial charge is 0.312 e. The first kappa shape index (κ1) is 28.0. The van der Waals surface area contributed by atoms with Gasteiger partial charge in [0.05, 0.1) is 22.0 Å². The molecule has 10 heteroatoms. The van der Waals surface area contributed by atoms with Gasteiger partial charge in [0.25, 0.3) is 0 Å². The largest absolute Gasteiger partial charge is 0.550 e. The molecule has 0 aromatic carbocycles. The molecule has 9 aliphatic rings. The summed E-state index contributed by atoms with van der Waals surface area (Å²) in [5.41, 5.74) is -2.95. The van der Waals surface area contributed by atoms with Gasteiger partial charge in [-0.2, -0.15) is 0 Å². The third-order valence-corrected chi connectivity index (χ3v) is 11.7. The summed E-state index contributed by atoms with van der Waals surface area (Å²) in [5.74, 6) is -1.80. The van der Waals surface area contributed by atoms with Crippen molar-refractivity contribution >= 4 is 17.9 Å². The van der Waals surface area contributed by atoms with E-state index >= 15 is 0 Å². The van der Waals surface area contributed by atoms with E-state index in [9.17, 15) is 29.7 Å². The zero-order chi connectivity index (χ0) is 28.8. The molecule has 1 saturated heterocycles. The predicted octanol–water partition coefficient (Wildman–Crippen LogP) is 1.77. The van der Waals surface area contributed by atoms with E-state index in [-0.39, 0.29) is 38.0 Å². The van der Waals surface area contributed by atoms with Crippen molar-refractivity contribution in [1.82, 2.24) is 0 Å². The highest BCUT2D eigenvalue weighted by Crippen LogP contribution is 2.63. The third-order valence-electron chi connectivity index (χ3n) is 11.7. The van der Waals surface area contributed by atoms with Crippen molar-refractivity contribution < 1.29 is 48.7 Å². The van der Waals surface area contributed by atoms with Crippen LogP contribution in [0.5, 0.6) is 0 Å². The number of ether oxygens (including phenoxy) is 4. The summed E-state index contributed by atoms with van der Waals surface area (Å²) in [4.78, 5) is 38.2. The van der Waals surface area contributed by atoms with Gasteiger partial charge in [-0.1, -0.05) is 0 Å². The summed E-state index contributed by atoms with van der Waals surface area (Å²) in [5, 5.41) is 33.3. The number of aliphatic hydroxyl groups is 2. The van der Waals surface area contributed by atoms with Gasteiger partial charge in [-0.3, -0.25) is 9.59 Å². The van der Waals surface area contributed by atoms with Crippen molar-refractivity contribution in [3.05, 3.63) is 0 Å². The average molecular weight is 576 g/mol. The molecule has 0 aromatic heterocycles. The Morgan fingerprint density at radius 3 is 1.46 bits per heavy atom. The first-order chi connectivity index (χ1) is 19.3. The Hall–Kier alpha value is -1.75. The first-order valence-electron chi connectivity index (χ1n) is 15.6. The van der Waals surface area contributed by atoms with Gasteiger partial charge in [-0.25, -0.2) is 0 Å². The Morgan fingerprint density at radius 1 is 0.732 bits per heavy atom. The Morgan fingerprint density at radius 2 is 1.12 bits per heavy atom. The lowest BCUT2D eigenvalue weighted by Gasteiger charge is -2.58. The van der Waals surface area contributed by atoms with E-state index in [0.29, 0.717) is 36.5 Å². The molecule has 41 heavy (non-hydrogen) atoms. The number of carboxylic acid groups (broad SMARTS) is 1. The summed E-state index contributed by atoms with van der Waals surface area (Å²) < 4.78 is 24.0. The molecule has 9 rings (SSSR count). The Kier molecular flexibility index (Phi) is 6.41. The van der Waals surface area contributed by atoms with Gasteiger partial charge >= 0.3 is 11.9 Å². The number of hydrogen-bond acceptors (Lipinski definition) is 10. The Balaban J connectivity index is 1.02. The van der Waals surface area contributed by atoms with E-state index in [2.05, 4.69) is 0 Å². The number of carbonyl (C=O) groups is 3. The molecule has 8 aliphatic carbocycles. The zero-order valence-electron chi connectivity index (χ0n) is 23.9. The third kappa shape index (κ3) is 5.00. The lowest BCUT2D eigenvalue weighted by atomic mass is 9.48. The highest BCUT2D eigenvalue weighted by molar-refractivity contribution is 5.78. The number of hydrogen-bond donors (Lipinski definition) is 2. The molecule has 228 valence electrons. The van der Waals surface area contributed by atoms with E-state index in [0.717, 1.165) is 64.2 Å². The molecule has 0 amide bonds. The number of aliphatic carboxylic acids is 1. The van der Waals surface area contributed by atoms with Gasteiger partial charge in [-0.15, -0.1) is 0 Å². The van der Waals surface area contributed by atoms with Crippen LogP contribution >= 0.6 is 0 Å². The topological polar surface area (TPSA) is 152 Å². The molecule has 0 radical (unpaired) electrons. The first-order valence-corrected chi connectivity index (χ1v) is 15.6. The molecule has 0 aromatic rings. The zero-order valence-corrected chi connectivity index (χ0v) is 23.9. The standard InChI is InChI=1S/C31H44O10/c1-27(3-2-24(32)33)40-22(14-38-25(34)28-6-18-4-19(7-28)11-30(36,10-18)16-28)23(41-27)15-39-26(35)29-8-20-5-21(9-29)13-31(37,12-20)17-29/h18-23,36-37H,2-17H2,1H3,(H,32,33)/p-1. The average Bonchev–Trinajstić information content (AvgIpc) is 3.17. The van der Waals surface area contributed by atoms with Crippen LogP contribution in [-0.4, -0.2) is 70.5 Å². The molecule has 1 aliphatic heterocycles. The normalized spacial score (nSPS) is 50.7. The quantitative estimate of drug-likeness (QED) is 0.389. The lowest BCUT2D eigenvalue weighted by Crippen LogP contribution is -2.59. The summed E-state index contributed by atoms with van der Waals surface area (Å²) >= 11 is 0. The highest BCUT2D eigenvalue weighted by Gasteiger charge is 2.62. The lowest BCUT2D eigenvalue weighted by molar-refractivity contribution is -0.307. The second-order valence-corrected chi connectivity index (χ2v) is 15.4. The maximum Gasteiger partial charge on any atom is 0.312 e. The molecule has 9 fully saturated rings. The summed E-state index contributed by atoms with van der Waals surface area (Å²) in [6.07, 6.45) is 7.15. The maximum atomic E-state index is 13.5. The van der Waals surface area contributed by atoms with E-state index in [1.165, 1.54) is 0 Å². The molecule has 6 atom stereocenters. The van der Waals surface area contributed by atoms with E-state index < -0.39 is 46.0 Å². The molecule has 8 bridgehead atoms. The summed E-state index contributed by atoms with van der Waals surface area (Å²) in [6, 6.07) is 0. The summed E-state index contributed by atoms with van der Waals surface area (Å²) in [7, 11) is 0. The van der Waals surface area contributed by atoms with Gasteiger partial charge in [-0.05, 0) is 114 Å². The van der Waals surface area contributed by atoms with Crippen molar-refractivity contribution in [2.24, 2.45) is 34.5 Å². The van der Waals surface area contributed by atoms with E-state index in [1.807, 2.05) is 0 Å². The minimum Gasteiger partial charge on any atom is -0.550 e. The van der Waals surface area contributed by atoms with Crippen molar-refractivity contribution in [1.29, 1.82) is 0 Å². The van der Waals surface area contributed by atoms with Crippen LogP contribution in [0.4, 0.5) is 0 Å². The van der Waals surface area contributed by atoms with Crippen LogP contribution in [0.15, 0.2) is 0 Å². The maximum absolute atomic E-state index is 13.5. The fourth-order valence-electron chi connectivity index (χ4n) is 11.1. The van der Waals surface area contributed by atoms with Crippen LogP contribution < -0.4 is 5.11 Å². The van der Waals surface area contributed by atoms with Crippen molar-refractivity contribution in [3.63, 3.8) is 0 Å². The molecule has 0 spiro atoms. The minimum atomic E-state index is -1.26. The molecule has 10 nitrogen and oxygen atoms in total. The molecule has 1 heterocycles. The van der Waals surface area contributed by atoms with Crippen LogP contribution in [0, 0.1) is 34.5 Å². The van der Waals surface area contributed by atoms with Gasteiger partial charge in [0.1, 0.15) is 25.4 Å². The van der Waals surface area contributed by atoms with Crippen LogP contribution in [0.1, 0.15) is 96.8 Å². The second kappa shape index (κ2) is 9.37. The van der Waals surface area contributed by atoms with Gasteiger partial charge in [0.2, 0.25) is 0 Å². The molecule has 6 unspecified atom stereocenters. The van der Waals surface area contributed by atoms with Crippen molar-refractivity contribution in [3.8, 4) is 0 Å². The van der Waals surface area contributed by atoms with E-state index in [1.54, 1.807) is 6.92 Å². The Bertz CT molecular complexity index is 1010. The number of rotatable bonds is 9. The fourth-order valence-corrected chi connectivity index (χ4v) is 11.1. The van der Waals surface area contributed by atoms with Gasteiger partial charge in [0, 0.05) is 12.4 Å². The SMILES string of the molecule is CC1(CCC(=O)[O-])OC(COC(=O)C23CC4CC(CC(O)(C4)C2)C3)C(COC(=O)C23CC4CC(CC(O)(C4)C2)C3)O1. The second-order valence-electron chi connectivity index (χ2n) is 15.4. The molecular weight excluding hydrogens is 532 g/mol. The summed E-state index contributed by atoms with van der Waals surface area (Å²) in [6.45, 7) is 1.40. The highest BCUT2D eigenvalue weighted by atomic mass is 16.8. The predicted molar refractivity (Wildman–Crippen MR) is 138 cm³/mol. The molecule has 8 saturated carbocycles. The molecule has 2 N–H and O–H groups in total. The van der Waals surface area contributed by atoms with Crippen LogP contribution in [0.3, 0.4) is 0 Å². The van der Waals surface area contributed by atoms with E-state index in [4.69, 9.17) is 18.9 Å². The number of esters is 2. The molecular formula is C31H43O10-. The van der Waals surface area contributed by atoms with Crippen LogP contribution in [0.2, 0.25) is 0 Å². The Labute approximate surface area is 240 Å². The van der Waals surface area contributed by atoms with Gasteiger partial charge < -0.3 is 39.1 Å². The van der Waals surface area contributed by atoms with Crippen LogP contribution in [-0.2, 0) is 33.3 Å². The van der Waals surface area contributed by atoms with Gasteiger partial charge in [0.15, 0.2) is 5.79 Å². The number of carbonyl (C=O) groups excluding carboxylic acids is 3.